The maximum Gasteiger partial charge on any atom is 0.471 e. The van der Waals surface area contributed by atoms with Crippen LogP contribution >= 0.6 is 0 Å². The van der Waals surface area contributed by atoms with Crippen LogP contribution < -0.4 is 14.8 Å². The van der Waals surface area contributed by atoms with Crippen LogP contribution in [-0.2, 0) is 4.79 Å². The van der Waals surface area contributed by atoms with Crippen molar-refractivity contribution in [1.82, 2.24) is 0 Å². The second-order valence-electron chi connectivity index (χ2n) is 4.65. The maximum atomic E-state index is 12.5. The van der Waals surface area contributed by atoms with E-state index in [1.165, 1.54) is 17.4 Å². The number of carbonyl (C=O) groups is 1. The molecule has 3 rings (SSSR count). The SMILES string of the molecule is O=C(Nc1c([N+](=O)[O-])ccc2c1Oc1ccccc1O2)C(F)(F)F. The van der Waals surface area contributed by atoms with Gasteiger partial charge in [-0.3, -0.25) is 14.9 Å². The second kappa shape index (κ2) is 5.41. The van der Waals surface area contributed by atoms with Crippen LogP contribution in [0.25, 0.3) is 0 Å². The van der Waals surface area contributed by atoms with Gasteiger partial charge in [-0.1, -0.05) is 12.1 Å². The molecule has 1 heterocycles. The van der Waals surface area contributed by atoms with E-state index in [2.05, 4.69) is 0 Å². The van der Waals surface area contributed by atoms with Crippen LogP contribution in [0.3, 0.4) is 0 Å². The third-order valence-corrected chi connectivity index (χ3v) is 3.07. The second-order valence-corrected chi connectivity index (χ2v) is 4.65. The molecule has 24 heavy (non-hydrogen) atoms. The number of nitrogens with zero attached hydrogens (tertiary/aromatic N) is 1. The summed E-state index contributed by atoms with van der Waals surface area (Å²) >= 11 is 0. The third-order valence-electron chi connectivity index (χ3n) is 3.07. The Kier molecular flexibility index (Phi) is 3.51. The molecule has 2 aromatic carbocycles. The molecule has 0 bridgehead atoms. The van der Waals surface area contributed by atoms with Crippen LogP contribution in [-0.4, -0.2) is 17.0 Å². The largest absolute Gasteiger partial charge is 0.471 e. The van der Waals surface area contributed by atoms with Crippen molar-refractivity contribution in [3.8, 4) is 23.0 Å². The van der Waals surface area contributed by atoms with Gasteiger partial charge in [0.2, 0.25) is 5.75 Å². The van der Waals surface area contributed by atoms with E-state index in [1.807, 2.05) is 0 Å². The molecule has 0 unspecified atom stereocenters. The van der Waals surface area contributed by atoms with Gasteiger partial charge in [0.15, 0.2) is 22.9 Å². The molecule has 0 saturated carbocycles. The van der Waals surface area contributed by atoms with Gasteiger partial charge in [0, 0.05) is 6.07 Å². The number of alkyl halides is 3. The predicted octanol–water partition coefficient (Wildman–Crippen LogP) is 3.99. The molecule has 7 nitrogen and oxygen atoms in total. The summed E-state index contributed by atoms with van der Waals surface area (Å²) in [5, 5.41) is 12.5. The number of ether oxygens (including phenoxy) is 2. The van der Waals surface area contributed by atoms with Crippen LogP contribution in [0, 0.1) is 10.1 Å². The first-order chi connectivity index (χ1) is 11.3. The van der Waals surface area contributed by atoms with E-state index in [0.717, 1.165) is 6.07 Å². The topological polar surface area (TPSA) is 90.7 Å². The van der Waals surface area contributed by atoms with Gasteiger partial charge in [0.05, 0.1) is 4.92 Å². The lowest BCUT2D eigenvalue weighted by Crippen LogP contribution is -2.30. The molecule has 0 aliphatic carbocycles. The molecular weight excluding hydrogens is 333 g/mol. The van der Waals surface area contributed by atoms with Gasteiger partial charge in [0.25, 0.3) is 5.69 Å². The first-order valence-electron chi connectivity index (χ1n) is 6.41. The Bertz CT molecular complexity index is 851. The van der Waals surface area contributed by atoms with Gasteiger partial charge in [0.1, 0.15) is 0 Å². The number of rotatable bonds is 2. The molecule has 0 fully saturated rings. The summed E-state index contributed by atoms with van der Waals surface area (Å²) in [4.78, 5) is 21.3. The van der Waals surface area contributed by atoms with Crippen LogP contribution in [0.4, 0.5) is 24.5 Å². The number of nitro groups is 1. The summed E-state index contributed by atoms with van der Waals surface area (Å²) in [6, 6.07) is 8.33. The minimum atomic E-state index is -5.22. The van der Waals surface area contributed by atoms with E-state index in [9.17, 15) is 28.1 Å². The Balaban J connectivity index is 2.10. The van der Waals surface area contributed by atoms with Gasteiger partial charge < -0.3 is 14.8 Å². The standard InChI is InChI=1S/C14H7F3N2O5/c15-14(16,17)13(20)18-11-7(19(21)22)5-6-10-12(11)24-9-4-2-1-3-8(9)23-10/h1-6H,(H,18,20). The van der Waals surface area contributed by atoms with E-state index in [-0.39, 0.29) is 23.0 Å². The van der Waals surface area contributed by atoms with Gasteiger partial charge in [-0.05, 0) is 18.2 Å². The number of para-hydroxylation sites is 2. The number of halogens is 3. The molecule has 1 N–H and O–H groups in total. The molecule has 124 valence electrons. The van der Waals surface area contributed by atoms with Crippen LogP contribution in [0.15, 0.2) is 36.4 Å². The predicted molar refractivity (Wildman–Crippen MR) is 74.4 cm³/mol. The first kappa shape index (κ1) is 15.6. The van der Waals surface area contributed by atoms with E-state index in [4.69, 9.17) is 9.47 Å². The van der Waals surface area contributed by atoms with Crippen molar-refractivity contribution in [2.45, 2.75) is 6.18 Å². The number of amides is 1. The molecule has 2 aromatic rings. The van der Waals surface area contributed by atoms with E-state index in [0.29, 0.717) is 0 Å². The Morgan fingerprint density at radius 1 is 1.04 bits per heavy atom. The maximum absolute atomic E-state index is 12.5. The van der Waals surface area contributed by atoms with Crippen LogP contribution in [0.5, 0.6) is 23.0 Å². The van der Waals surface area contributed by atoms with Crippen molar-refractivity contribution in [2.75, 3.05) is 5.32 Å². The number of fused-ring (bicyclic) bond motifs is 2. The molecule has 0 aromatic heterocycles. The molecular formula is C14H7F3N2O5. The van der Waals surface area contributed by atoms with E-state index in [1.54, 1.807) is 18.2 Å². The summed E-state index contributed by atoms with van der Waals surface area (Å²) in [7, 11) is 0. The minimum Gasteiger partial charge on any atom is -0.449 e. The Morgan fingerprint density at radius 3 is 2.25 bits per heavy atom. The van der Waals surface area contributed by atoms with Gasteiger partial charge in [-0.2, -0.15) is 13.2 Å². The van der Waals surface area contributed by atoms with Crippen molar-refractivity contribution in [1.29, 1.82) is 0 Å². The fourth-order valence-corrected chi connectivity index (χ4v) is 2.04. The zero-order valence-electron chi connectivity index (χ0n) is 11.6. The smallest absolute Gasteiger partial charge is 0.449 e. The van der Waals surface area contributed by atoms with Gasteiger partial charge in [-0.25, -0.2) is 0 Å². The first-order valence-corrected chi connectivity index (χ1v) is 6.41. The Hall–Kier alpha value is -3.30. The number of carbonyl (C=O) groups excluding carboxylic acids is 1. The highest BCUT2D eigenvalue weighted by molar-refractivity contribution is 5.99. The molecule has 0 spiro atoms. The summed E-state index contributed by atoms with van der Waals surface area (Å²) < 4.78 is 48.3. The zero-order chi connectivity index (χ0) is 17.5. The lowest BCUT2D eigenvalue weighted by molar-refractivity contribution is -0.384. The van der Waals surface area contributed by atoms with Gasteiger partial charge >= 0.3 is 12.1 Å². The molecule has 1 aliphatic heterocycles. The molecule has 0 saturated heterocycles. The third kappa shape index (κ3) is 2.69. The van der Waals surface area contributed by atoms with Crippen LogP contribution in [0.2, 0.25) is 0 Å². The summed E-state index contributed by atoms with van der Waals surface area (Å²) in [5.74, 6) is -2.36. The lowest BCUT2D eigenvalue weighted by Gasteiger charge is -2.22. The quantitative estimate of drug-likeness (QED) is 0.562. The number of nitro benzene ring substituents is 1. The number of nitrogens with one attached hydrogen (secondary N) is 1. The van der Waals surface area contributed by atoms with Crippen molar-refractivity contribution in [3.05, 3.63) is 46.5 Å². The highest BCUT2D eigenvalue weighted by Gasteiger charge is 2.41. The van der Waals surface area contributed by atoms with Crippen LogP contribution in [0.1, 0.15) is 0 Å². The van der Waals surface area contributed by atoms with E-state index < -0.39 is 28.4 Å². The Labute approximate surface area is 131 Å². The molecule has 0 radical (unpaired) electrons. The lowest BCUT2D eigenvalue weighted by atomic mass is 10.2. The number of benzene rings is 2. The Morgan fingerprint density at radius 2 is 1.67 bits per heavy atom. The highest BCUT2D eigenvalue weighted by Crippen LogP contribution is 2.51. The van der Waals surface area contributed by atoms with Crippen molar-refractivity contribution in [2.24, 2.45) is 0 Å². The normalized spacial score (nSPS) is 12.3. The van der Waals surface area contributed by atoms with Gasteiger partial charge in [-0.15, -0.1) is 0 Å². The minimum absolute atomic E-state index is 0.0585. The average Bonchev–Trinajstić information content (AvgIpc) is 2.52. The molecule has 10 heteroatoms. The highest BCUT2D eigenvalue weighted by atomic mass is 19.4. The van der Waals surface area contributed by atoms with Crippen molar-refractivity contribution >= 4 is 17.3 Å². The summed E-state index contributed by atoms with van der Waals surface area (Å²) in [6.07, 6.45) is -5.22. The fraction of sp³-hybridized carbons (Fsp3) is 0.0714. The molecule has 1 aliphatic rings. The summed E-state index contributed by atoms with van der Waals surface area (Å²) in [6.45, 7) is 0. The molecule has 0 atom stereocenters. The number of hydrogen-bond acceptors (Lipinski definition) is 5. The summed E-state index contributed by atoms with van der Waals surface area (Å²) in [5.41, 5.74) is -1.48. The fourth-order valence-electron chi connectivity index (χ4n) is 2.04. The van der Waals surface area contributed by atoms with Crippen molar-refractivity contribution in [3.63, 3.8) is 0 Å². The monoisotopic (exact) mass is 340 g/mol. The average molecular weight is 340 g/mol. The number of hydrogen-bond donors (Lipinski definition) is 1. The number of anilines is 1. The van der Waals surface area contributed by atoms with Crippen molar-refractivity contribution < 1.29 is 32.4 Å². The zero-order valence-corrected chi connectivity index (χ0v) is 11.6. The molecule has 1 amide bonds. The van der Waals surface area contributed by atoms with E-state index >= 15 is 0 Å².